The maximum atomic E-state index is 13.0. The van der Waals surface area contributed by atoms with Crippen LogP contribution in [-0.4, -0.2) is 23.9 Å². The lowest BCUT2D eigenvalue weighted by Crippen LogP contribution is -2.32. The molecule has 0 fully saturated rings. The highest BCUT2D eigenvalue weighted by Gasteiger charge is 2.39. The topological polar surface area (TPSA) is 71.5 Å². The zero-order chi connectivity index (χ0) is 20.2. The molecule has 0 bridgehead atoms. The van der Waals surface area contributed by atoms with Crippen molar-refractivity contribution < 1.29 is 14.3 Å². The first-order valence-corrected chi connectivity index (χ1v) is 9.40. The molecule has 0 radical (unpaired) electrons. The molecule has 0 saturated carbocycles. The summed E-state index contributed by atoms with van der Waals surface area (Å²) in [4.78, 5) is 31.7. The number of rotatable bonds is 6. The fourth-order valence-corrected chi connectivity index (χ4v) is 3.52. The van der Waals surface area contributed by atoms with Crippen molar-refractivity contribution in [2.45, 2.75) is 19.0 Å². The summed E-state index contributed by atoms with van der Waals surface area (Å²) >= 11 is 0. The fraction of sp³-hybridized carbons (Fsp3) is 0.174. The van der Waals surface area contributed by atoms with Crippen LogP contribution in [0.4, 0.5) is 5.69 Å². The van der Waals surface area contributed by atoms with E-state index in [0.29, 0.717) is 17.8 Å². The number of carbonyl (C=O) groups excluding carboxylic acids is 2. The molecule has 4 rings (SSSR count). The first-order chi connectivity index (χ1) is 14.2. The van der Waals surface area contributed by atoms with Crippen LogP contribution in [0.15, 0.2) is 72.9 Å². The van der Waals surface area contributed by atoms with E-state index in [-0.39, 0.29) is 18.2 Å². The first-order valence-electron chi connectivity index (χ1n) is 9.40. The Kier molecular flexibility index (Phi) is 5.24. The van der Waals surface area contributed by atoms with Crippen molar-refractivity contribution in [3.63, 3.8) is 0 Å². The molecule has 1 atom stereocenters. The van der Waals surface area contributed by atoms with Crippen molar-refractivity contribution in [1.29, 1.82) is 0 Å². The van der Waals surface area contributed by atoms with Gasteiger partial charge < -0.3 is 10.1 Å². The highest BCUT2D eigenvalue weighted by molar-refractivity contribution is 6.11. The SMILES string of the molecule is COc1ccc(CNC(=O)C[C@H]2c3ncccc3C(=O)N2c2ccccc2)cc1. The number of anilines is 1. The third-order valence-corrected chi connectivity index (χ3v) is 4.98. The van der Waals surface area contributed by atoms with Crippen LogP contribution in [0.2, 0.25) is 0 Å². The number of fused-ring (bicyclic) bond motifs is 1. The van der Waals surface area contributed by atoms with Gasteiger partial charge in [-0.2, -0.15) is 0 Å². The van der Waals surface area contributed by atoms with E-state index in [0.717, 1.165) is 17.0 Å². The molecule has 2 heterocycles. The quantitative estimate of drug-likeness (QED) is 0.703. The Morgan fingerprint density at radius 2 is 1.83 bits per heavy atom. The number of hydrogen-bond acceptors (Lipinski definition) is 4. The van der Waals surface area contributed by atoms with Gasteiger partial charge in [-0.25, -0.2) is 0 Å². The van der Waals surface area contributed by atoms with Crippen molar-refractivity contribution in [1.82, 2.24) is 10.3 Å². The molecule has 3 aromatic rings. The van der Waals surface area contributed by atoms with Crippen LogP contribution in [0.1, 0.15) is 34.1 Å². The van der Waals surface area contributed by atoms with E-state index in [1.54, 1.807) is 30.3 Å². The Hall–Kier alpha value is -3.67. The average molecular weight is 387 g/mol. The van der Waals surface area contributed by atoms with Crippen molar-refractivity contribution in [3.8, 4) is 5.75 Å². The number of methoxy groups -OCH3 is 1. The molecule has 29 heavy (non-hydrogen) atoms. The average Bonchev–Trinajstić information content (AvgIpc) is 3.05. The van der Waals surface area contributed by atoms with E-state index >= 15 is 0 Å². The standard InChI is InChI=1S/C23H21N3O3/c1-29-18-11-9-16(10-12-18)15-25-21(27)14-20-22-19(8-5-13-24-22)23(28)26(20)17-6-3-2-4-7-17/h2-13,20H,14-15H2,1H3,(H,25,27)/t20-/m0/s1. The molecule has 0 unspecified atom stereocenters. The minimum Gasteiger partial charge on any atom is -0.497 e. The molecule has 1 aliphatic heterocycles. The monoisotopic (exact) mass is 387 g/mol. The summed E-state index contributed by atoms with van der Waals surface area (Å²) in [6, 6.07) is 20.0. The summed E-state index contributed by atoms with van der Waals surface area (Å²) in [6.45, 7) is 0.407. The predicted molar refractivity (Wildman–Crippen MR) is 110 cm³/mol. The number of nitrogens with one attached hydrogen (secondary N) is 1. The Balaban J connectivity index is 1.51. The van der Waals surface area contributed by atoms with Crippen molar-refractivity contribution in [2.24, 2.45) is 0 Å². The van der Waals surface area contributed by atoms with E-state index in [1.807, 2.05) is 54.6 Å². The second kappa shape index (κ2) is 8.14. The number of pyridine rings is 1. The lowest BCUT2D eigenvalue weighted by atomic mass is 10.1. The summed E-state index contributed by atoms with van der Waals surface area (Å²) in [5.41, 5.74) is 2.91. The number of amides is 2. The Labute approximate surface area is 169 Å². The van der Waals surface area contributed by atoms with E-state index in [2.05, 4.69) is 10.3 Å². The zero-order valence-electron chi connectivity index (χ0n) is 16.0. The van der Waals surface area contributed by atoms with Gasteiger partial charge in [-0.3, -0.25) is 19.5 Å². The number of aromatic nitrogens is 1. The van der Waals surface area contributed by atoms with Crippen LogP contribution in [0.3, 0.4) is 0 Å². The minimum atomic E-state index is -0.433. The summed E-state index contributed by atoms with van der Waals surface area (Å²) in [7, 11) is 1.62. The van der Waals surface area contributed by atoms with Crippen LogP contribution in [0.25, 0.3) is 0 Å². The highest BCUT2D eigenvalue weighted by atomic mass is 16.5. The van der Waals surface area contributed by atoms with E-state index in [1.165, 1.54) is 0 Å². The van der Waals surface area contributed by atoms with E-state index in [9.17, 15) is 9.59 Å². The van der Waals surface area contributed by atoms with E-state index in [4.69, 9.17) is 4.74 Å². The summed E-state index contributed by atoms with van der Waals surface area (Å²) in [5, 5.41) is 2.94. The number of ether oxygens (including phenoxy) is 1. The van der Waals surface area contributed by atoms with Crippen molar-refractivity contribution in [3.05, 3.63) is 89.7 Å². The molecule has 1 aliphatic rings. The van der Waals surface area contributed by atoms with Crippen LogP contribution in [-0.2, 0) is 11.3 Å². The predicted octanol–water partition coefficient (Wildman–Crippen LogP) is 3.50. The number of para-hydroxylation sites is 1. The van der Waals surface area contributed by atoms with Crippen LogP contribution < -0.4 is 15.0 Å². The molecular weight excluding hydrogens is 366 g/mol. The molecule has 0 spiro atoms. The maximum absolute atomic E-state index is 13.0. The van der Waals surface area contributed by atoms with Gasteiger partial charge in [-0.1, -0.05) is 30.3 Å². The van der Waals surface area contributed by atoms with Crippen molar-refractivity contribution >= 4 is 17.5 Å². The molecule has 0 aliphatic carbocycles. The first kappa shape index (κ1) is 18.7. The number of hydrogen-bond donors (Lipinski definition) is 1. The van der Waals surface area contributed by atoms with Crippen LogP contribution >= 0.6 is 0 Å². The molecular formula is C23H21N3O3. The van der Waals surface area contributed by atoms with Crippen molar-refractivity contribution in [2.75, 3.05) is 12.0 Å². The van der Waals surface area contributed by atoms with Gasteiger partial charge in [-0.15, -0.1) is 0 Å². The molecule has 6 heteroatoms. The van der Waals surface area contributed by atoms with Gasteiger partial charge in [0.1, 0.15) is 5.75 Å². The Bertz CT molecular complexity index is 1020. The lowest BCUT2D eigenvalue weighted by Gasteiger charge is -2.24. The lowest BCUT2D eigenvalue weighted by molar-refractivity contribution is -0.121. The number of nitrogens with zero attached hydrogens (tertiary/aromatic N) is 2. The normalized spacial score (nSPS) is 15.1. The van der Waals surface area contributed by atoms with E-state index < -0.39 is 6.04 Å². The zero-order valence-corrected chi connectivity index (χ0v) is 16.0. The molecule has 1 N–H and O–H groups in total. The summed E-state index contributed by atoms with van der Waals surface area (Å²) in [5.74, 6) is 0.496. The van der Waals surface area contributed by atoms with Gasteiger partial charge in [0.25, 0.3) is 5.91 Å². The van der Waals surface area contributed by atoms with Gasteiger partial charge in [0, 0.05) is 18.4 Å². The smallest absolute Gasteiger partial charge is 0.260 e. The Morgan fingerprint density at radius 3 is 2.55 bits per heavy atom. The van der Waals surface area contributed by atoms with Gasteiger partial charge in [0.15, 0.2) is 0 Å². The Morgan fingerprint density at radius 1 is 1.07 bits per heavy atom. The number of benzene rings is 2. The molecule has 0 saturated heterocycles. The second-order valence-electron chi connectivity index (χ2n) is 6.79. The molecule has 6 nitrogen and oxygen atoms in total. The maximum Gasteiger partial charge on any atom is 0.260 e. The fourth-order valence-electron chi connectivity index (χ4n) is 3.52. The van der Waals surface area contributed by atoms with Gasteiger partial charge in [0.2, 0.25) is 5.91 Å². The number of carbonyl (C=O) groups is 2. The second-order valence-corrected chi connectivity index (χ2v) is 6.79. The van der Waals surface area contributed by atoms with Crippen LogP contribution in [0.5, 0.6) is 5.75 Å². The third kappa shape index (κ3) is 3.82. The summed E-state index contributed by atoms with van der Waals surface area (Å²) in [6.07, 6.45) is 1.80. The minimum absolute atomic E-state index is 0.132. The third-order valence-electron chi connectivity index (χ3n) is 4.98. The molecule has 1 aromatic heterocycles. The molecule has 146 valence electrons. The van der Waals surface area contributed by atoms with Crippen LogP contribution in [0, 0.1) is 0 Å². The highest BCUT2D eigenvalue weighted by Crippen LogP contribution is 2.38. The molecule has 2 amide bonds. The van der Waals surface area contributed by atoms with Gasteiger partial charge in [-0.05, 0) is 42.0 Å². The summed E-state index contributed by atoms with van der Waals surface area (Å²) < 4.78 is 5.15. The van der Waals surface area contributed by atoms with Gasteiger partial charge in [0.05, 0.1) is 30.8 Å². The largest absolute Gasteiger partial charge is 0.497 e. The molecule has 2 aromatic carbocycles. The van der Waals surface area contributed by atoms with Gasteiger partial charge >= 0.3 is 0 Å².